The molecule has 1 N–H and O–H groups in total. The molecule has 2 rings (SSSR count). The lowest BCUT2D eigenvalue weighted by Crippen LogP contribution is -2.31. The SMILES string of the molecule is CCCOc1cccn(C(C)C(=O)Nc2ccc(OC)c(OC)c2)c1=O. The van der Waals surface area contributed by atoms with E-state index in [1.807, 2.05) is 6.92 Å². The topological polar surface area (TPSA) is 78.8 Å². The highest BCUT2D eigenvalue weighted by Crippen LogP contribution is 2.30. The molecule has 0 aliphatic carbocycles. The number of carbonyl (C=O) groups excluding carboxylic acids is 1. The fraction of sp³-hybridized carbons (Fsp3) is 0.368. The normalized spacial score (nSPS) is 11.5. The van der Waals surface area contributed by atoms with Crippen LogP contribution in [0.2, 0.25) is 0 Å². The minimum atomic E-state index is -0.708. The summed E-state index contributed by atoms with van der Waals surface area (Å²) in [5.41, 5.74) is 0.210. The van der Waals surface area contributed by atoms with Crippen LogP contribution in [-0.2, 0) is 4.79 Å². The van der Waals surface area contributed by atoms with E-state index in [-0.39, 0.29) is 17.2 Å². The van der Waals surface area contributed by atoms with Crippen molar-refractivity contribution in [2.75, 3.05) is 26.1 Å². The van der Waals surface area contributed by atoms with Gasteiger partial charge in [0.25, 0.3) is 5.56 Å². The summed E-state index contributed by atoms with van der Waals surface area (Å²) in [6, 6.07) is 7.65. The molecule has 140 valence electrons. The molecule has 7 heteroatoms. The van der Waals surface area contributed by atoms with Gasteiger partial charge in [-0.25, -0.2) is 0 Å². The van der Waals surface area contributed by atoms with Gasteiger partial charge in [-0.2, -0.15) is 0 Å². The van der Waals surface area contributed by atoms with Crippen LogP contribution in [0, 0.1) is 0 Å². The quantitative estimate of drug-likeness (QED) is 0.783. The van der Waals surface area contributed by atoms with Crippen LogP contribution >= 0.6 is 0 Å². The van der Waals surface area contributed by atoms with Crippen LogP contribution in [0.3, 0.4) is 0 Å². The van der Waals surface area contributed by atoms with E-state index in [4.69, 9.17) is 14.2 Å². The molecule has 0 aliphatic rings. The van der Waals surface area contributed by atoms with Gasteiger partial charge in [0.2, 0.25) is 5.91 Å². The Kier molecular flexibility index (Phi) is 6.66. The highest BCUT2D eigenvalue weighted by atomic mass is 16.5. The lowest BCUT2D eigenvalue weighted by molar-refractivity contribution is -0.118. The fourth-order valence-corrected chi connectivity index (χ4v) is 2.40. The van der Waals surface area contributed by atoms with Gasteiger partial charge in [-0.15, -0.1) is 0 Å². The maximum absolute atomic E-state index is 12.6. The Hall–Kier alpha value is -2.96. The summed E-state index contributed by atoms with van der Waals surface area (Å²) >= 11 is 0. The molecule has 0 radical (unpaired) electrons. The van der Waals surface area contributed by atoms with Crippen molar-refractivity contribution < 1.29 is 19.0 Å². The van der Waals surface area contributed by atoms with Gasteiger partial charge in [0.05, 0.1) is 20.8 Å². The number of hydrogen-bond acceptors (Lipinski definition) is 5. The van der Waals surface area contributed by atoms with Crippen molar-refractivity contribution in [1.82, 2.24) is 4.57 Å². The molecule has 1 heterocycles. The van der Waals surface area contributed by atoms with Gasteiger partial charge in [-0.05, 0) is 37.6 Å². The summed E-state index contributed by atoms with van der Waals surface area (Å²) in [6.07, 6.45) is 2.36. The van der Waals surface area contributed by atoms with E-state index in [1.54, 1.807) is 43.5 Å². The first-order valence-corrected chi connectivity index (χ1v) is 8.38. The number of anilines is 1. The lowest BCUT2D eigenvalue weighted by atomic mass is 10.2. The van der Waals surface area contributed by atoms with Crippen LogP contribution in [-0.4, -0.2) is 31.3 Å². The van der Waals surface area contributed by atoms with Crippen molar-refractivity contribution in [3.05, 3.63) is 46.9 Å². The highest BCUT2D eigenvalue weighted by Gasteiger charge is 2.18. The van der Waals surface area contributed by atoms with Crippen molar-refractivity contribution in [2.24, 2.45) is 0 Å². The number of ether oxygens (including phenoxy) is 3. The molecule has 1 aromatic heterocycles. The zero-order valence-electron chi connectivity index (χ0n) is 15.4. The van der Waals surface area contributed by atoms with E-state index < -0.39 is 6.04 Å². The summed E-state index contributed by atoms with van der Waals surface area (Å²) in [6.45, 7) is 4.06. The summed E-state index contributed by atoms with van der Waals surface area (Å²) in [5, 5.41) is 2.78. The van der Waals surface area contributed by atoms with Gasteiger partial charge >= 0.3 is 0 Å². The Bertz CT molecular complexity index is 816. The van der Waals surface area contributed by atoms with Crippen molar-refractivity contribution in [3.63, 3.8) is 0 Å². The average molecular weight is 360 g/mol. The van der Waals surface area contributed by atoms with Crippen molar-refractivity contribution >= 4 is 11.6 Å². The van der Waals surface area contributed by atoms with Gasteiger partial charge < -0.3 is 24.1 Å². The number of rotatable bonds is 8. The largest absolute Gasteiger partial charge is 0.493 e. The fourth-order valence-electron chi connectivity index (χ4n) is 2.40. The van der Waals surface area contributed by atoms with E-state index in [0.717, 1.165) is 6.42 Å². The molecule has 1 amide bonds. The first-order valence-electron chi connectivity index (χ1n) is 8.38. The molecule has 1 aromatic carbocycles. The first-order chi connectivity index (χ1) is 12.5. The third kappa shape index (κ3) is 4.36. The second-order valence-corrected chi connectivity index (χ2v) is 5.67. The third-order valence-electron chi connectivity index (χ3n) is 3.85. The average Bonchev–Trinajstić information content (AvgIpc) is 2.66. The van der Waals surface area contributed by atoms with Gasteiger partial charge in [0, 0.05) is 18.0 Å². The van der Waals surface area contributed by atoms with Crippen LogP contribution < -0.4 is 25.1 Å². The summed E-state index contributed by atoms with van der Waals surface area (Å²) in [4.78, 5) is 25.0. The highest BCUT2D eigenvalue weighted by molar-refractivity contribution is 5.93. The van der Waals surface area contributed by atoms with E-state index in [1.165, 1.54) is 18.8 Å². The number of carbonyl (C=O) groups is 1. The van der Waals surface area contributed by atoms with Crippen LogP contribution in [0.1, 0.15) is 26.3 Å². The lowest BCUT2D eigenvalue weighted by Gasteiger charge is -2.17. The third-order valence-corrected chi connectivity index (χ3v) is 3.85. The van der Waals surface area contributed by atoms with Crippen molar-refractivity contribution in [3.8, 4) is 17.2 Å². The number of amides is 1. The molecule has 0 spiro atoms. The Morgan fingerprint density at radius 2 is 1.88 bits per heavy atom. The minimum Gasteiger partial charge on any atom is -0.493 e. The second kappa shape index (κ2) is 8.94. The van der Waals surface area contributed by atoms with Gasteiger partial charge in [-0.3, -0.25) is 9.59 Å². The molecule has 0 bridgehead atoms. The predicted octanol–water partition coefficient (Wildman–Crippen LogP) is 2.85. The number of hydrogen-bond donors (Lipinski definition) is 1. The zero-order valence-corrected chi connectivity index (χ0v) is 15.4. The number of pyridine rings is 1. The molecule has 7 nitrogen and oxygen atoms in total. The summed E-state index contributed by atoms with van der Waals surface area (Å²) in [7, 11) is 3.06. The number of nitrogens with one attached hydrogen (secondary N) is 1. The molecule has 1 unspecified atom stereocenters. The number of benzene rings is 1. The smallest absolute Gasteiger partial charge is 0.293 e. The molecule has 0 aliphatic heterocycles. The van der Waals surface area contributed by atoms with E-state index in [2.05, 4.69) is 5.32 Å². The zero-order chi connectivity index (χ0) is 19.1. The first kappa shape index (κ1) is 19.4. The van der Waals surface area contributed by atoms with Gasteiger partial charge in [-0.1, -0.05) is 6.92 Å². The van der Waals surface area contributed by atoms with Crippen LogP contribution in [0.25, 0.3) is 0 Å². The molecule has 2 aromatic rings. The van der Waals surface area contributed by atoms with Crippen LogP contribution in [0.5, 0.6) is 17.2 Å². The maximum atomic E-state index is 12.6. The Morgan fingerprint density at radius 3 is 2.54 bits per heavy atom. The maximum Gasteiger partial charge on any atom is 0.293 e. The summed E-state index contributed by atoms with van der Waals surface area (Å²) in [5.74, 6) is 0.979. The molecule has 0 saturated carbocycles. The van der Waals surface area contributed by atoms with Gasteiger partial charge in [0.15, 0.2) is 17.2 Å². The van der Waals surface area contributed by atoms with E-state index in [0.29, 0.717) is 23.8 Å². The monoisotopic (exact) mass is 360 g/mol. The summed E-state index contributed by atoms with van der Waals surface area (Å²) < 4.78 is 17.2. The number of aromatic nitrogens is 1. The van der Waals surface area contributed by atoms with E-state index >= 15 is 0 Å². The number of nitrogens with zero attached hydrogens (tertiary/aromatic N) is 1. The van der Waals surface area contributed by atoms with Crippen molar-refractivity contribution in [2.45, 2.75) is 26.3 Å². The van der Waals surface area contributed by atoms with Crippen LogP contribution in [0.4, 0.5) is 5.69 Å². The molecular weight excluding hydrogens is 336 g/mol. The molecule has 0 saturated heterocycles. The molecule has 1 atom stereocenters. The standard InChI is InChI=1S/C19H24N2O5/c1-5-11-26-16-7-6-10-21(19(16)23)13(2)18(22)20-14-8-9-15(24-3)17(12-14)25-4/h6-10,12-13H,5,11H2,1-4H3,(H,20,22). The second-order valence-electron chi connectivity index (χ2n) is 5.67. The molecule has 0 fully saturated rings. The Labute approximate surface area is 152 Å². The molecule has 26 heavy (non-hydrogen) atoms. The molecular formula is C19H24N2O5. The van der Waals surface area contributed by atoms with E-state index in [9.17, 15) is 9.59 Å². The predicted molar refractivity (Wildman–Crippen MR) is 99.4 cm³/mol. The Morgan fingerprint density at radius 1 is 1.15 bits per heavy atom. The van der Waals surface area contributed by atoms with Crippen molar-refractivity contribution in [1.29, 1.82) is 0 Å². The Balaban J connectivity index is 2.19. The van der Waals surface area contributed by atoms with Gasteiger partial charge in [0.1, 0.15) is 6.04 Å². The number of methoxy groups -OCH3 is 2. The van der Waals surface area contributed by atoms with Crippen LogP contribution in [0.15, 0.2) is 41.3 Å². The minimum absolute atomic E-state index is 0.236.